The van der Waals surface area contributed by atoms with Gasteiger partial charge in [-0.25, -0.2) is 10.0 Å². The third-order valence-corrected chi connectivity index (χ3v) is 6.03. The Kier molecular flexibility index (Phi) is 7.53. The summed E-state index contributed by atoms with van der Waals surface area (Å²) >= 11 is 1.52. The maximum Gasteiger partial charge on any atom is 0.323 e. The Morgan fingerprint density at radius 3 is 1.78 bits per heavy atom. The van der Waals surface area contributed by atoms with Crippen LogP contribution >= 0.6 is 11.8 Å². The lowest BCUT2D eigenvalue weighted by Crippen LogP contribution is -2.21. The van der Waals surface area contributed by atoms with Crippen LogP contribution in [0, 0.1) is 4.91 Å². The smallest absolute Gasteiger partial charge is 0.308 e. The van der Waals surface area contributed by atoms with E-state index >= 15 is 0 Å². The van der Waals surface area contributed by atoms with E-state index in [1.165, 1.54) is 11.8 Å². The lowest BCUT2D eigenvalue weighted by molar-refractivity contribution is -0.729. The molecular weight excluding hydrogens is 422 g/mol. The molecule has 3 aromatic carbocycles. The number of urea groups is 1. The third kappa shape index (κ3) is 5.88. The largest absolute Gasteiger partial charge is 0.323 e. The number of hydrogen-bond donors (Lipinski definition) is 3. The average Bonchev–Trinajstić information content (AvgIpc) is 2.75. The predicted octanol–water partition coefficient (Wildman–Crippen LogP) is 7.53. The Bertz CT molecular complexity index is 1070. The third-order valence-electron chi connectivity index (χ3n) is 5.02. The summed E-state index contributed by atoms with van der Waals surface area (Å²) in [5.41, 5.74) is 3.98. The highest BCUT2D eigenvalue weighted by Gasteiger charge is 2.16. The van der Waals surface area contributed by atoms with Crippen LogP contribution in [0.5, 0.6) is 0 Å². The second kappa shape index (κ2) is 10.3. The molecule has 0 atom stereocenters. The molecule has 32 heavy (non-hydrogen) atoms. The van der Waals surface area contributed by atoms with Gasteiger partial charge in [-0.1, -0.05) is 57.7 Å². The molecule has 0 aliphatic heterocycles. The average molecular weight is 451 g/mol. The monoisotopic (exact) mass is 450 g/mol. The van der Waals surface area contributed by atoms with Crippen LogP contribution in [0.4, 0.5) is 21.9 Å². The summed E-state index contributed by atoms with van der Waals surface area (Å²) < 4.78 is 0. The van der Waals surface area contributed by atoms with E-state index in [2.05, 4.69) is 50.5 Å². The number of rotatable bonds is 7. The second-order valence-electron chi connectivity index (χ2n) is 8.09. The van der Waals surface area contributed by atoms with Gasteiger partial charge in [-0.15, -0.1) is 0 Å². The molecule has 0 aliphatic carbocycles. The van der Waals surface area contributed by atoms with Crippen LogP contribution in [-0.4, -0.2) is 16.2 Å². The van der Waals surface area contributed by atoms with E-state index in [-0.39, 0.29) is 16.6 Å². The molecule has 0 bridgehead atoms. The number of benzene rings is 3. The lowest BCUT2D eigenvalue weighted by atomic mass is 9.93. The van der Waals surface area contributed by atoms with Gasteiger partial charge in [0.15, 0.2) is 0 Å². The van der Waals surface area contributed by atoms with Gasteiger partial charge in [0.1, 0.15) is 0 Å². The van der Waals surface area contributed by atoms with Crippen molar-refractivity contribution in [2.24, 2.45) is 0 Å². The molecular formula is C25H28N3O3S+. The highest BCUT2D eigenvalue weighted by molar-refractivity contribution is 7.99. The van der Waals surface area contributed by atoms with Crippen LogP contribution in [0.1, 0.15) is 50.7 Å². The maximum absolute atomic E-state index is 12.7. The van der Waals surface area contributed by atoms with Crippen molar-refractivity contribution in [1.29, 1.82) is 0 Å². The van der Waals surface area contributed by atoms with Crippen molar-refractivity contribution in [3.8, 4) is 0 Å². The SMILES string of the molecule is CC(C)c1cccc(C(C)C)c1NC(=O)Nc1ccc(Sc2ccc([N+](=O)O)cc2)cc1. The fourth-order valence-corrected chi connectivity index (χ4v) is 4.17. The topological polar surface area (TPSA) is 81.4 Å². The number of para-hydroxylation sites is 1. The van der Waals surface area contributed by atoms with Gasteiger partial charge in [-0.05, 0) is 59.4 Å². The Morgan fingerprint density at radius 2 is 1.31 bits per heavy atom. The Morgan fingerprint density at radius 1 is 0.812 bits per heavy atom. The number of nitrogens with one attached hydrogen (secondary N) is 2. The first-order valence-corrected chi connectivity index (χ1v) is 11.3. The van der Waals surface area contributed by atoms with Crippen molar-refractivity contribution >= 4 is 34.9 Å². The van der Waals surface area contributed by atoms with Crippen molar-refractivity contribution in [3.05, 3.63) is 82.8 Å². The summed E-state index contributed by atoms with van der Waals surface area (Å²) in [7, 11) is 0. The summed E-state index contributed by atoms with van der Waals surface area (Å²) in [6, 6.07) is 20.0. The van der Waals surface area contributed by atoms with Crippen molar-refractivity contribution in [1.82, 2.24) is 0 Å². The fourth-order valence-electron chi connectivity index (χ4n) is 3.36. The molecule has 0 aliphatic rings. The van der Waals surface area contributed by atoms with Gasteiger partial charge in [-0.3, -0.25) is 0 Å². The van der Waals surface area contributed by atoms with Gasteiger partial charge in [0, 0.05) is 33.3 Å². The molecule has 0 unspecified atom stereocenters. The minimum Gasteiger partial charge on any atom is -0.308 e. The van der Waals surface area contributed by atoms with Crippen LogP contribution in [0.3, 0.4) is 0 Å². The highest BCUT2D eigenvalue weighted by atomic mass is 32.2. The molecule has 0 fully saturated rings. The van der Waals surface area contributed by atoms with Crippen LogP contribution in [0.2, 0.25) is 0 Å². The molecule has 166 valence electrons. The summed E-state index contributed by atoms with van der Waals surface area (Å²) in [5.74, 6) is 0.590. The Labute approximate surface area is 192 Å². The molecule has 7 heteroatoms. The van der Waals surface area contributed by atoms with Crippen molar-refractivity contribution in [2.45, 2.75) is 49.3 Å². The summed E-state index contributed by atoms with van der Waals surface area (Å²) in [6.07, 6.45) is 0. The molecule has 3 rings (SSSR count). The van der Waals surface area contributed by atoms with Crippen LogP contribution in [0.25, 0.3) is 0 Å². The standard InChI is InChI=1S/C25H27N3O3S/c1-16(2)22-6-5-7-23(17(3)4)24(22)27-25(29)26-18-8-12-20(13-9-18)32-21-14-10-19(11-15-21)28(30)31/h5-17H,1-4H3,(H2-,26,27,29,30,31)/p+1. The molecule has 3 N–H and O–H groups in total. The Hall–Kier alpha value is -3.32. The van der Waals surface area contributed by atoms with Gasteiger partial charge in [0.2, 0.25) is 0 Å². The van der Waals surface area contributed by atoms with Gasteiger partial charge >= 0.3 is 11.7 Å². The van der Waals surface area contributed by atoms with E-state index in [1.807, 2.05) is 30.3 Å². The summed E-state index contributed by atoms with van der Waals surface area (Å²) in [4.78, 5) is 25.4. The van der Waals surface area contributed by atoms with Crippen LogP contribution in [0.15, 0.2) is 76.5 Å². The quantitative estimate of drug-likeness (QED) is 0.325. The lowest BCUT2D eigenvalue weighted by Gasteiger charge is -2.20. The molecule has 0 radical (unpaired) electrons. The first-order valence-electron chi connectivity index (χ1n) is 10.5. The molecule has 0 spiro atoms. The van der Waals surface area contributed by atoms with Crippen LogP contribution < -0.4 is 10.6 Å². The fraction of sp³-hybridized carbons (Fsp3) is 0.240. The van der Waals surface area contributed by atoms with Crippen molar-refractivity contribution < 1.29 is 14.9 Å². The van der Waals surface area contributed by atoms with Gasteiger partial charge in [0.25, 0.3) is 4.92 Å². The number of hydrogen-bond acceptors (Lipinski definition) is 3. The molecule has 0 saturated carbocycles. The number of carbonyl (C=O) groups excluding carboxylic acids is 1. The molecule has 0 heterocycles. The minimum absolute atomic E-state index is 0.163. The Balaban J connectivity index is 1.67. The summed E-state index contributed by atoms with van der Waals surface area (Å²) in [6.45, 7) is 8.47. The van der Waals surface area contributed by atoms with Gasteiger partial charge in [0.05, 0.1) is 4.91 Å². The van der Waals surface area contributed by atoms with E-state index < -0.39 is 0 Å². The zero-order chi connectivity index (χ0) is 23.3. The second-order valence-corrected chi connectivity index (χ2v) is 9.24. The zero-order valence-electron chi connectivity index (χ0n) is 18.6. The molecule has 3 aromatic rings. The van der Waals surface area contributed by atoms with Crippen molar-refractivity contribution in [2.75, 3.05) is 10.6 Å². The first-order chi connectivity index (χ1) is 15.2. The van der Waals surface area contributed by atoms with E-state index in [9.17, 15) is 9.70 Å². The number of anilines is 2. The van der Waals surface area contributed by atoms with E-state index in [1.54, 1.807) is 24.3 Å². The molecule has 6 nitrogen and oxygen atoms in total. The number of nitrogens with zero attached hydrogens (tertiary/aromatic N) is 1. The summed E-state index contributed by atoms with van der Waals surface area (Å²) in [5, 5.41) is 14.9. The van der Waals surface area contributed by atoms with E-state index in [0.717, 1.165) is 26.6 Å². The predicted molar refractivity (Wildman–Crippen MR) is 129 cm³/mol. The molecule has 0 saturated heterocycles. The molecule has 0 aromatic heterocycles. The number of amides is 2. The van der Waals surface area contributed by atoms with Crippen LogP contribution in [-0.2, 0) is 0 Å². The zero-order valence-corrected chi connectivity index (χ0v) is 19.4. The first kappa shape index (κ1) is 23.3. The minimum atomic E-state index is -0.276. The van der Waals surface area contributed by atoms with Gasteiger partial charge in [-0.2, -0.15) is 0 Å². The highest BCUT2D eigenvalue weighted by Crippen LogP contribution is 2.33. The van der Waals surface area contributed by atoms with E-state index in [4.69, 9.17) is 5.21 Å². The van der Waals surface area contributed by atoms with Gasteiger partial charge < -0.3 is 10.6 Å². The van der Waals surface area contributed by atoms with E-state index in [0.29, 0.717) is 17.5 Å². The maximum atomic E-state index is 12.7. The number of carbonyl (C=O) groups is 1. The van der Waals surface area contributed by atoms with Crippen molar-refractivity contribution in [3.63, 3.8) is 0 Å². The normalized spacial score (nSPS) is 10.9. The molecule has 2 amide bonds.